The summed E-state index contributed by atoms with van der Waals surface area (Å²) in [6, 6.07) is 0. The predicted octanol–water partition coefficient (Wildman–Crippen LogP) is 2.49. The number of aromatic nitrogens is 1. The van der Waals surface area contributed by atoms with E-state index in [-0.39, 0.29) is 0 Å². The zero-order chi connectivity index (χ0) is 12.0. The van der Waals surface area contributed by atoms with Gasteiger partial charge in [-0.1, -0.05) is 13.8 Å². The number of anilines is 1. The molecule has 0 saturated carbocycles. The van der Waals surface area contributed by atoms with Crippen molar-refractivity contribution in [3.8, 4) is 0 Å². The SMILES string of the molecule is COCc1csc(NC(=O)OCC(C)C)n1. The quantitative estimate of drug-likeness (QED) is 0.864. The van der Waals surface area contributed by atoms with Gasteiger partial charge in [0.1, 0.15) is 0 Å². The highest BCUT2D eigenvalue weighted by molar-refractivity contribution is 7.13. The first kappa shape index (κ1) is 12.9. The highest BCUT2D eigenvalue weighted by Gasteiger charge is 2.07. The summed E-state index contributed by atoms with van der Waals surface area (Å²) in [5.74, 6) is 0.325. The van der Waals surface area contributed by atoms with E-state index in [0.717, 1.165) is 5.69 Å². The van der Waals surface area contributed by atoms with Crippen LogP contribution in [0, 0.1) is 5.92 Å². The van der Waals surface area contributed by atoms with Crippen LogP contribution in [0.3, 0.4) is 0 Å². The average Bonchev–Trinajstić information content (AvgIpc) is 2.63. The van der Waals surface area contributed by atoms with Gasteiger partial charge in [-0.2, -0.15) is 0 Å². The number of amides is 1. The van der Waals surface area contributed by atoms with Gasteiger partial charge in [-0.15, -0.1) is 11.3 Å². The fourth-order valence-electron chi connectivity index (χ4n) is 0.944. The Morgan fingerprint density at radius 3 is 3.00 bits per heavy atom. The Balaban J connectivity index is 2.37. The maximum absolute atomic E-state index is 11.3. The zero-order valence-corrected chi connectivity index (χ0v) is 10.5. The van der Waals surface area contributed by atoms with Gasteiger partial charge in [0.15, 0.2) is 5.13 Å². The number of ether oxygens (including phenoxy) is 2. The van der Waals surface area contributed by atoms with Crippen LogP contribution in [-0.2, 0) is 16.1 Å². The minimum absolute atomic E-state index is 0.325. The molecule has 5 nitrogen and oxygen atoms in total. The molecule has 0 atom stereocenters. The Kier molecular flexibility index (Phi) is 5.21. The summed E-state index contributed by atoms with van der Waals surface area (Å²) in [7, 11) is 1.60. The van der Waals surface area contributed by atoms with Crippen LogP contribution in [0.1, 0.15) is 19.5 Å². The minimum atomic E-state index is -0.466. The fraction of sp³-hybridized carbons (Fsp3) is 0.600. The van der Waals surface area contributed by atoms with Crippen LogP contribution in [0.15, 0.2) is 5.38 Å². The lowest BCUT2D eigenvalue weighted by molar-refractivity contribution is 0.147. The summed E-state index contributed by atoms with van der Waals surface area (Å²) in [5.41, 5.74) is 0.798. The largest absolute Gasteiger partial charge is 0.449 e. The third-order valence-corrected chi connectivity index (χ3v) is 2.41. The molecule has 1 heterocycles. The Morgan fingerprint density at radius 2 is 2.38 bits per heavy atom. The molecular formula is C10H16N2O3S. The molecule has 0 aliphatic heterocycles. The third-order valence-electron chi connectivity index (χ3n) is 1.60. The number of thiazole rings is 1. The van der Waals surface area contributed by atoms with E-state index in [4.69, 9.17) is 9.47 Å². The lowest BCUT2D eigenvalue weighted by atomic mass is 10.2. The number of rotatable bonds is 5. The molecular weight excluding hydrogens is 228 g/mol. The van der Waals surface area contributed by atoms with E-state index in [0.29, 0.717) is 24.3 Å². The molecule has 16 heavy (non-hydrogen) atoms. The van der Waals surface area contributed by atoms with E-state index >= 15 is 0 Å². The molecule has 1 rings (SSSR count). The van der Waals surface area contributed by atoms with Gasteiger partial charge in [0.05, 0.1) is 18.9 Å². The molecule has 0 fully saturated rings. The summed E-state index contributed by atoms with van der Waals surface area (Å²) < 4.78 is 9.89. The number of nitrogens with zero attached hydrogens (tertiary/aromatic N) is 1. The number of methoxy groups -OCH3 is 1. The summed E-state index contributed by atoms with van der Waals surface area (Å²) >= 11 is 1.35. The molecule has 0 radical (unpaired) electrons. The number of carbonyl (C=O) groups is 1. The van der Waals surface area contributed by atoms with Crippen LogP contribution < -0.4 is 5.32 Å². The molecule has 0 saturated heterocycles. The van der Waals surface area contributed by atoms with Gasteiger partial charge in [-0.25, -0.2) is 9.78 Å². The van der Waals surface area contributed by atoms with Crippen LogP contribution in [0.25, 0.3) is 0 Å². The molecule has 0 bridgehead atoms. The van der Waals surface area contributed by atoms with Crippen LogP contribution in [0.5, 0.6) is 0 Å². The first-order chi connectivity index (χ1) is 7.61. The molecule has 0 aromatic carbocycles. The number of carbonyl (C=O) groups excluding carboxylic acids is 1. The van der Waals surface area contributed by atoms with E-state index in [2.05, 4.69) is 10.3 Å². The summed E-state index contributed by atoms with van der Waals surface area (Å²) in [6.07, 6.45) is -0.466. The van der Waals surface area contributed by atoms with Crippen molar-refractivity contribution in [2.24, 2.45) is 5.92 Å². The third kappa shape index (κ3) is 4.59. The minimum Gasteiger partial charge on any atom is -0.449 e. The number of nitrogens with one attached hydrogen (secondary N) is 1. The van der Waals surface area contributed by atoms with E-state index in [1.807, 2.05) is 19.2 Å². The Labute approximate surface area is 98.8 Å². The van der Waals surface area contributed by atoms with Gasteiger partial charge < -0.3 is 9.47 Å². The van der Waals surface area contributed by atoms with Gasteiger partial charge in [0, 0.05) is 12.5 Å². The molecule has 0 aliphatic rings. The molecule has 90 valence electrons. The van der Waals surface area contributed by atoms with Crippen LogP contribution >= 0.6 is 11.3 Å². The van der Waals surface area contributed by atoms with E-state index < -0.39 is 6.09 Å². The molecule has 1 amide bonds. The molecule has 0 unspecified atom stereocenters. The van der Waals surface area contributed by atoms with E-state index in [9.17, 15) is 4.79 Å². The molecule has 0 aliphatic carbocycles. The standard InChI is InChI=1S/C10H16N2O3S/c1-7(2)4-15-10(13)12-9-11-8(5-14-3)6-16-9/h6-7H,4-5H2,1-3H3,(H,11,12,13). The second kappa shape index (κ2) is 6.44. The molecule has 1 aromatic heterocycles. The monoisotopic (exact) mass is 244 g/mol. The maximum atomic E-state index is 11.3. The molecule has 1 aromatic rings. The van der Waals surface area contributed by atoms with Gasteiger partial charge in [0.25, 0.3) is 0 Å². The van der Waals surface area contributed by atoms with Gasteiger partial charge >= 0.3 is 6.09 Å². The first-order valence-corrected chi connectivity index (χ1v) is 5.87. The summed E-state index contributed by atoms with van der Waals surface area (Å²) in [6.45, 7) is 4.81. The van der Waals surface area contributed by atoms with Crippen LogP contribution in [-0.4, -0.2) is 24.8 Å². The Morgan fingerprint density at radius 1 is 1.62 bits per heavy atom. The maximum Gasteiger partial charge on any atom is 0.413 e. The molecule has 6 heteroatoms. The van der Waals surface area contributed by atoms with Crippen molar-refractivity contribution >= 4 is 22.6 Å². The van der Waals surface area contributed by atoms with Crippen LogP contribution in [0.2, 0.25) is 0 Å². The topological polar surface area (TPSA) is 60.5 Å². The normalized spacial score (nSPS) is 10.5. The van der Waals surface area contributed by atoms with Crippen molar-refractivity contribution in [1.82, 2.24) is 4.98 Å². The van der Waals surface area contributed by atoms with Crippen molar-refractivity contribution in [1.29, 1.82) is 0 Å². The Bertz CT molecular complexity index is 339. The second-order valence-corrected chi connectivity index (χ2v) is 4.55. The zero-order valence-electron chi connectivity index (χ0n) is 9.65. The lowest BCUT2D eigenvalue weighted by Gasteiger charge is -2.06. The summed E-state index contributed by atoms with van der Waals surface area (Å²) in [5, 5.41) is 4.93. The number of hydrogen-bond acceptors (Lipinski definition) is 5. The molecule has 0 spiro atoms. The lowest BCUT2D eigenvalue weighted by Crippen LogP contribution is -2.16. The van der Waals surface area contributed by atoms with Gasteiger partial charge in [-0.05, 0) is 5.92 Å². The van der Waals surface area contributed by atoms with Crippen molar-refractivity contribution in [2.45, 2.75) is 20.5 Å². The highest BCUT2D eigenvalue weighted by atomic mass is 32.1. The first-order valence-electron chi connectivity index (χ1n) is 4.99. The summed E-state index contributed by atoms with van der Waals surface area (Å²) in [4.78, 5) is 15.4. The van der Waals surface area contributed by atoms with Crippen molar-refractivity contribution in [2.75, 3.05) is 19.0 Å². The highest BCUT2D eigenvalue weighted by Crippen LogP contribution is 2.16. The van der Waals surface area contributed by atoms with Crippen LogP contribution in [0.4, 0.5) is 9.93 Å². The van der Waals surface area contributed by atoms with Crippen molar-refractivity contribution in [3.05, 3.63) is 11.1 Å². The molecule has 1 N–H and O–H groups in total. The Hall–Kier alpha value is -1.14. The smallest absolute Gasteiger partial charge is 0.413 e. The van der Waals surface area contributed by atoms with E-state index in [1.165, 1.54) is 11.3 Å². The average molecular weight is 244 g/mol. The number of hydrogen-bond donors (Lipinski definition) is 1. The predicted molar refractivity (Wildman–Crippen MR) is 62.6 cm³/mol. The van der Waals surface area contributed by atoms with Crippen molar-refractivity contribution < 1.29 is 14.3 Å². The van der Waals surface area contributed by atoms with Gasteiger partial charge in [-0.3, -0.25) is 5.32 Å². The van der Waals surface area contributed by atoms with Gasteiger partial charge in [0.2, 0.25) is 0 Å². The van der Waals surface area contributed by atoms with Crippen molar-refractivity contribution in [3.63, 3.8) is 0 Å². The van der Waals surface area contributed by atoms with E-state index in [1.54, 1.807) is 7.11 Å². The second-order valence-electron chi connectivity index (χ2n) is 3.69. The fourth-order valence-corrected chi connectivity index (χ4v) is 1.62.